The molecule has 2 aliphatic rings. The van der Waals surface area contributed by atoms with Crippen molar-refractivity contribution < 1.29 is 4.74 Å². The van der Waals surface area contributed by atoms with Gasteiger partial charge in [-0.15, -0.1) is 24.0 Å². The molecule has 1 aromatic carbocycles. The van der Waals surface area contributed by atoms with Crippen LogP contribution in [0.5, 0.6) is 5.75 Å². The molecule has 4 rings (SSSR count). The normalized spacial score (nSPS) is 21.6. The van der Waals surface area contributed by atoms with Crippen LogP contribution in [0.4, 0.5) is 0 Å². The molecule has 1 fully saturated rings. The molecule has 2 aliphatic heterocycles. The lowest BCUT2D eigenvalue weighted by molar-refractivity contribution is 0.189. The Balaban J connectivity index is 0.00000225. The highest BCUT2D eigenvalue weighted by Gasteiger charge is 2.28. The van der Waals surface area contributed by atoms with Crippen LogP contribution in [0.1, 0.15) is 30.5 Å². The van der Waals surface area contributed by atoms with Crippen molar-refractivity contribution in [1.29, 1.82) is 0 Å². The Morgan fingerprint density at radius 1 is 1.39 bits per heavy atom. The van der Waals surface area contributed by atoms with Gasteiger partial charge in [0.15, 0.2) is 5.96 Å². The summed E-state index contributed by atoms with van der Waals surface area (Å²) in [5.74, 6) is 2.69. The molecule has 2 unspecified atom stereocenters. The van der Waals surface area contributed by atoms with Crippen molar-refractivity contribution in [3.63, 3.8) is 0 Å². The number of piperidine rings is 1. The molecule has 28 heavy (non-hydrogen) atoms. The lowest BCUT2D eigenvalue weighted by Gasteiger charge is -2.39. The van der Waals surface area contributed by atoms with Gasteiger partial charge in [-0.1, -0.05) is 19.1 Å². The molecule has 0 aliphatic carbocycles. The number of likely N-dealkylation sites (tertiary alicyclic amines) is 1. The highest BCUT2D eigenvalue weighted by Crippen LogP contribution is 2.28. The van der Waals surface area contributed by atoms with E-state index in [2.05, 4.69) is 56.1 Å². The van der Waals surface area contributed by atoms with Crippen LogP contribution in [0.25, 0.3) is 0 Å². The van der Waals surface area contributed by atoms with Crippen molar-refractivity contribution in [2.24, 2.45) is 10.9 Å². The molecule has 0 bridgehead atoms. The summed E-state index contributed by atoms with van der Waals surface area (Å²) in [6.45, 7) is 6.04. The van der Waals surface area contributed by atoms with E-state index in [-0.39, 0.29) is 24.0 Å². The molecule has 0 spiro atoms. The third kappa shape index (κ3) is 4.61. The van der Waals surface area contributed by atoms with Gasteiger partial charge >= 0.3 is 0 Å². The average molecular weight is 495 g/mol. The molecule has 1 aromatic heterocycles. The van der Waals surface area contributed by atoms with Crippen LogP contribution in [0.15, 0.2) is 41.9 Å². The van der Waals surface area contributed by atoms with Crippen molar-refractivity contribution in [3.8, 4) is 5.75 Å². The first-order chi connectivity index (χ1) is 13.2. The van der Waals surface area contributed by atoms with Crippen LogP contribution in [-0.4, -0.2) is 53.7 Å². The van der Waals surface area contributed by atoms with Crippen LogP contribution in [0.2, 0.25) is 0 Å². The van der Waals surface area contributed by atoms with E-state index in [1.54, 1.807) is 0 Å². The van der Waals surface area contributed by atoms with Crippen molar-refractivity contribution in [3.05, 3.63) is 48.0 Å². The number of halogens is 1. The summed E-state index contributed by atoms with van der Waals surface area (Å²) in [7, 11) is 1.87. The predicted octanol–water partition coefficient (Wildman–Crippen LogP) is 3.14. The zero-order chi connectivity index (χ0) is 18.6. The smallest absolute Gasteiger partial charge is 0.193 e. The fourth-order valence-electron chi connectivity index (χ4n) is 4.14. The SMILES string of the molecule is CN=C(NCCc1ccc2c(c1)CCO2)N1CCC(C)C(n2ccnc2)C1.I. The number of nitrogens with zero attached hydrogens (tertiary/aromatic N) is 4. The minimum Gasteiger partial charge on any atom is -0.493 e. The molecule has 0 amide bonds. The van der Waals surface area contributed by atoms with Crippen molar-refractivity contribution in [2.45, 2.75) is 32.2 Å². The molecule has 2 aromatic rings. The average Bonchev–Trinajstić information content (AvgIpc) is 3.37. The summed E-state index contributed by atoms with van der Waals surface area (Å²) in [4.78, 5) is 11.1. The molecule has 7 heteroatoms. The standard InChI is InChI=1S/C21H29N5O.HI/c1-16-6-10-25(14-19(16)26-11-9-23-15-26)21(22-2)24-8-5-17-3-4-20-18(13-17)7-12-27-20;/h3-4,9,11,13,15-16,19H,5-8,10,12,14H2,1-2H3,(H,22,24);1H. The van der Waals surface area contributed by atoms with E-state index in [1.807, 2.05) is 19.6 Å². The molecule has 152 valence electrons. The van der Waals surface area contributed by atoms with Crippen molar-refractivity contribution >= 4 is 29.9 Å². The van der Waals surface area contributed by atoms with Gasteiger partial charge in [-0.2, -0.15) is 0 Å². The second kappa shape index (κ2) is 9.62. The van der Waals surface area contributed by atoms with Gasteiger partial charge in [0.1, 0.15) is 5.75 Å². The topological polar surface area (TPSA) is 54.7 Å². The Morgan fingerprint density at radius 3 is 3.07 bits per heavy atom. The van der Waals surface area contributed by atoms with E-state index in [4.69, 9.17) is 4.74 Å². The Kier molecular flexibility index (Phi) is 7.20. The minimum absolute atomic E-state index is 0. The Hall–Kier alpha value is -1.77. The monoisotopic (exact) mass is 495 g/mol. The number of hydrogen-bond acceptors (Lipinski definition) is 3. The summed E-state index contributed by atoms with van der Waals surface area (Å²) in [5.41, 5.74) is 2.69. The third-order valence-electron chi connectivity index (χ3n) is 5.79. The first kappa shape index (κ1) is 21.0. The Labute approximate surface area is 184 Å². The van der Waals surface area contributed by atoms with E-state index < -0.39 is 0 Å². The van der Waals surface area contributed by atoms with E-state index in [0.717, 1.165) is 57.2 Å². The molecule has 6 nitrogen and oxygen atoms in total. The second-order valence-corrected chi connectivity index (χ2v) is 7.55. The number of imidazole rings is 1. The molecule has 0 saturated carbocycles. The van der Waals surface area contributed by atoms with Gasteiger partial charge in [0.05, 0.1) is 19.0 Å². The second-order valence-electron chi connectivity index (χ2n) is 7.55. The fourth-order valence-corrected chi connectivity index (χ4v) is 4.14. The molecular formula is C21H30IN5O. The molecule has 3 heterocycles. The number of benzene rings is 1. The lowest BCUT2D eigenvalue weighted by Crippen LogP contribution is -2.49. The van der Waals surface area contributed by atoms with Gasteiger partial charge in [-0.05, 0) is 36.0 Å². The lowest BCUT2D eigenvalue weighted by atomic mass is 9.93. The number of fused-ring (bicyclic) bond motifs is 1. The van der Waals surface area contributed by atoms with Crippen LogP contribution in [0.3, 0.4) is 0 Å². The third-order valence-corrected chi connectivity index (χ3v) is 5.79. The molecular weight excluding hydrogens is 465 g/mol. The highest BCUT2D eigenvalue weighted by atomic mass is 127. The maximum absolute atomic E-state index is 5.59. The van der Waals surface area contributed by atoms with Crippen LogP contribution in [0, 0.1) is 5.92 Å². The van der Waals surface area contributed by atoms with Gasteiger partial charge in [0.25, 0.3) is 0 Å². The van der Waals surface area contributed by atoms with Gasteiger partial charge < -0.3 is 19.5 Å². The van der Waals surface area contributed by atoms with Crippen LogP contribution >= 0.6 is 24.0 Å². The van der Waals surface area contributed by atoms with Gasteiger partial charge in [0.2, 0.25) is 0 Å². The molecule has 1 saturated heterocycles. The maximum Gasteiger partial charge on any atom is 0.193 e. The molecule has 1 N–H and O–H groups in total. The molecule has 2 atom stereocenters. The zero-order valence-electron chi connectivity index (χ0n) is 16.7. The summed E-state index contributed by atoms with van der Waals surface area (Å²) < 4.78 is 7.83. The first-order valence-electron chi connectivity index (χ1n) is 9.92. The number of aliphatic imine (C=N–C) groups is 1. The van der Waals surface area contributed by atoms with E-state index in [9.17, 15) is 0 Å². The van der Waals surface area contributed by atoms with Crippen LogP contribution < -0.4 is 10.1 Å². The van der Waals surface area contributed by atoms with E-state index in [1.165, 1.54) is 11.1 Å². The Bertz CT molecular complexity index is 792. The predicted molar refractivity (Wildman–Crippen MR) is 123 cm³/mol. The summed E-state index contributed by atoms with van der Waals surface area (Å²) in [6.07, 6.45) is 9.03. The molecule has 0 radical (unpaired) electrons. The highest BCUT2D eigenvalue weighted by molar-refractivity contribution is 14.0. The summed E-state index contributed by atoms with van der Waals surface area (Å²) >= 11 is 0. The Morgan fingerprint density at radius 2 is 2.29 bits per heavy atom. The van der Waals surface area contributed by atoms with E-state index in [0.29, 0.717) is 12.0 Å². The number of hydrogen-bond donors (Lipinski definition) is 1. The number of nitrogens with one attached hydrogen (secondary N) is 1. The fraction of sp³-hybridized carbons (Fsp3) is 0.524. The number of guanidine groups is 1. The first-order valence-corrected chi connectivity index (χ1v) is 9.92. The summed E-state index contributed by atoms with van der Waals surface area (Å²) in [6, 6.07) is 7.00. The van der Waals surface area contributed by atoms with Gasteiger partial charge in [0, 0.05) is 45.5 Å². The van der Waals surface area contributed by atoms with Gasteiger partial charge in [-0.3, -0.25) is 4.99 Å². The largest absolute Gasteiger partial charge is 0.493 e. The van der Waals surface area contributed by atoms with Gasteiger partial charge in [-0.25, -0.2) is 4.98 Å². The number of aromatic nitrogens is 2. The van der Waals surface area contributed by atoms with Crippen LogP contribution in [-0.2, 0) is 12.8 Å². The number of rotatable bonds is 4. The minimum atomic E-state index is 0. The van der Waals surface area contributed by atoms with Crippen molar-refractivity contribution in [2.75, 3.05) is 33.3 Å². The zero-order valence-corrected chi connectivity index (χ0v) is 19.0. The summed E-state index contributed by atoms with van der Waals surface area (Å²) in [5, 5.41) is 3.56. The maximum atomic E-state index is 5.59. The van der Waals surface area contributed by atoms with Crippen molar-refractivity contribution in [1.82, 2.24) is 19.8 Å². The number of ether oxygens (including phenoxy) is 1. The quantitative estimate of drug-likeness (QED) is 0.403. The van der Waals surface area contributed by atoms with E-state index >= 15 is 0 Å².